The molecule has 5 nitrogen and oxygen atoms in total. The van der Waals surface area contributed by atoms with Crippen molar-refractivity contribution in [3.63, 3.8) is 0 Å². The van der Waals surface area contributed by atoms with Crippen molar-refractivity contribution >= 4 is 0 Å². The minimum absolute atomic E-state index is 0.215. The van der Waals surface area contributed by atoms with Crippen molar-refractivity contribution in [2.45, 2.75) is 12.5 Å². The summed E-state index contributed by atoms with van der Waals surface area (Å²) in [6, 6.07) is 12.4. The zero-order valence-electron chi connectivity index (χ0n) is 14.4. The first kappa shape index (κ1) is 16.7. The number of nitrogens with one attached hydrogen (secondary N) is 1. The summed E-state index contributed by atoms with van der Waals surface area (Å²) >= 11 is 0. The second-order valence-electron chi connectivity index (χ2n) is 5.91. The number of piperazine rings is 1. The second-order valence-corrected chi connectivity index (χ2v) is 5.91. The Balaban J connectivity index is 1.97. The van der Waals surface area contributed by atoms with Gasteiger partial charge in [0.25, 0.3) is 0 Å². The number of aromatic nitrogens is 1. The fourth-order valence-electron chi connectivity index (χ4n) is 3.32. The quantitative estimate of drug-likeness (QED) is 0.882. The Morgan fingerprint density at radius 1 is 1.08 bits per heavy atom. The van der Waals surface area contributed by atoms with Gasteiger partial charge in [0.05, 0.1) is 14.2 Å². The summed E-state index contributed by atoms with van der Waals surface area (Å²) in [5, 5.41) is 3.42. The van der Waals surface area contributed by atoms with Crippen LogP contribution in [0.4, 0.5) is 0 Å². The molecule has 1 aromatic heterocycles. The number of hydrogen-bond acceptors (Lipinski definition) is 5. The fraction of sp³-hybridized carbons (Fsp3) is 0.421. The Morgan fingerprint density at radius 3 is 2.58 bits per heavy atom. The topological polar surface area (TPSA) is 46.6 Å². The van der Waals surface area contributed by atoms with Crippen molar-refractivity contribution < 1.29 is 9.47 Å². The predicted molar refractivity (Wildman–Crippen MR) is 94.7 cm³/mol. The molecule has 1 N–H and O–H groups in total. The SMILES string of the molecule is COc1cccc(C(Cc2ccccn2)N2CCNCC2)c1OC. The van der Waals surface area contributed by atoms with Gasteiger partial charge in [-0.25, -0.2) is 0 Å². The van der Waals surface area contributed by atoms with Gasteiger partial charge in [-0.2, -0.15) is 0 Å². The molecule has 0 aliphatic carbocycles. The molecule has 1 fully saturated rings. The lowest BCUT2D eigenvalue weighted by Crippen LogP contribution is -2.45. The highest BCUT2D eigenvalue weighted by Gasteiger charge is 2.26. The number of rotatable bonds is 6. The van der Waals surface area contributed by atoms with Crippen LogP contribution in [-0.4, -0.2) is 50.3 Å². The first-order chi connectivity index (χ1) is 11.8. The minimum Gasteiger partial charge on any atom is -0.493 e. The highest BCUT2D eigenvalue weighted by atomic mass is 16.5. The lowest BCUT2D eigenvalue weighted by atomic mass is 9.97. The van der Waals surface area contributed by atoms with E-state index in [0.717, 1.165) is 55.4 Å². The van der Waals surface area contributed by atoms with Crippen LogP contribution < -0.4 is 14.8 Å². The van der Waals surface area contributed by atoms with Crippen LogP contribution in [0.25, 0.3) is 0 Å². The van der Waals surface area contributed by atoms with Crippen LogP contribution in [0, 0.1) is 0 Å². The monoisotopic (exact) mass is 327 g/mol. The van der Waals surface area contributed by atoms with Gasteiger partial charge in [0.1, 0.15) is 0 Å². The van der Waals surface area contributed by atoms with Crippen LogP contribution in [0.1, 0.15) is 17.3 Å². The van der Waals surface area contributed by atoms with E-state index in [9.17, 15) is 0 Å². The molecular weight excluding hydrogens is 302 g/mol. The number of pyridine rings is 1. The molecule has 2 aromatic rings. The Bertz CT molecular complexity index is 642. The molecule has 1 aromatic carbocycles. The third-order valence-corrected chi connectivity index (χ3v) is 4.51. The van der Waals surface area contributed by atoms with Crippen LogP contribution in [0.5, 0.6) is 11.5 Å². The highest BCUT2D eigenvalue weighted by molar-refractivity contribution is 5.48. The molecule has 2 heterocycles. The summed E-state index contributed by atoms with van der Waals surface area (Å²) in [5.41, 5.74) is 2.25. The van der Waals surface area contributed by atoms with E-state index in [0.29, 0.717) is 0 Å². The summed E-state index contributed by atoms with van der Waals surface area (Å²) in [5.74, 6) is 1.59. The lowest BCUT2D eigenvalue weighted by molar-refractivity contribution is 0.168. The summed E-state index contributed by atoms with van der Waals surface area (Å²) in [4.78, 5) is 7.03. The van der Waals surface area contributed by atoms with E-state index in [1.54, 1.807) is 14.2 Å². The molecule has 5 heteroatoms. The molecule has 0 amide bonds. The molecule has 1 unspecified atom stereocenters. The zero-order valence-corrected chi connectivity index (χ0v) is 14.4. The van der Waals surface area contributed by atoms with Crippen molar-refractivity contribution in [2.24, 2.45) is 0 Å². The van der Waals surface area contributed by atoms with E-state index in [-0.39, 0.29) is 6.04 Å². The molecule has 0 radical (unpaired) electrons. The van der Waals surface area contributed by atoms with E-state index < -0.39 is 0 Å². The Kier molecular flexibility index (Phi) is 5.67. The molecule has 24 heavy (non-hydrogen) atoms. The second kappa shape index (κ2) is 8.13. The van der Waals surface area contributed by atoms with Crippen LogP contribution in [0.3, 0.4) is 0 Å². The largest absolute Gasteiger partial charge is 0.493 e. The number of methoxy groups -OCH3 is 2. The molecule has 1 aliphatic rings. The summed E-state index contributed by atoms with van der Waals surface area (Å²) in [6.45, 7) is 4.03. The fourth-order valence-corrected chi connectivity index (χ4v) is 3.32. The maximum absolute atomic E-state index is 5.69. The van der Waals surface area contributed by atoms with E-state index in [2.05, 4.69) is 27.3 Å². The molecule has 0 bridgehead atoms. The summed E-state index contributed by atoms with van der Waals surface area (Å²) in [6.07, 6.45) is 2.71. The zero-order chi connectivity index (χ0) is 16.8. The Morgan fingerprint density at radius 2 is 1.92 bits per heavy atom. The van der Waals surface area contributed by atoms with E-state index in [1.165, 1.54) is 0 Å². The van der Waals surface area contributed by atoms with Gasteiger partial charge in [-0.15, -0.1) is 0 Å². The molecular formula is C19H25N3O2. The number of ether oxygens (including phenoxy) is 2. The van der Waals surface area contributed by atoms with Gasteiger partial charge in [-0.1, -0.05) is 18.2 Å². The van der Waals surface area contributed by atoms with Crippen LogP contribution >= 0.6 is 0 Å². The smallest absolute Gasteiger partial charge is 0.165 e. The van der Waals surface area contributed by atoms with Crippen molar-refractivity contribution in [1.29, 1.82) is 0 Å². The molecule has 1 saturated heterocycles. The van der Waals surface area contributed by atoms with Crippen molar-refractivity contribution in [1.82, 2.24) is 15.2 Å². The number of benzene rings is 1. The number of para-hydroxylation sites is 1. The van der Waals surface area contributed by atoms with Crippen molar-refractivity contribution in [2.75, 3.05) is 40.4 Å². The molecule has 1 aliphatic heterocycles. The number of nitrogens with zero attached hydrogens (tertiary/aromatic N) is 2. The van der Waals surface area contributed by atoms with Gasteiger partial charge in [-0.3, -0.25) is 9.88 Å². The normalized spacial score (nSPS) is 16.6. The van der Waals surface area contributed by atoms with Gasteiger partial charge >= 0.3 is 0 Å². The minimum atomic E-state index is 0.215. The third-order valence-electron chi connectivity index (χ3n) is 4.51. The van der Waals surface area contributed by atoms with Crippen LogP contribution in [0.15, 0.2) is 42.6 Å². The first-order valence-corrected chi connectivity index (χ1v) is 8.39. The van der Waals surface area contributed by atoms with Crippen molar-refractivity contribution in [3.05, 3.63) is 53.9 Å². The molecule has 1 atom stereocenters. The first-order valence-electron chi connectivity index (χ1n) is 8.39. The van der Waals surface area contributed by atoms with Gasteiger partial charge in [-0.05, 0) is 18.2 Å². The third kappa shape index (κ3) is 3.68. The molecule has 128 valence electrons. The van der Waals surface area contributed by atoms with Crippen molar-refractivity contribution in [3.8, 4) is 11.5 Å². The van der Waals surface area contributed by atoms with Gasteiger partial charge in [0, 0.05) is 56.1 Å². The van der Waals surface area contributed by atoms with Crippen LogP contribution in [-0.2, 0) is 6.42 Å². The summed E-state index contributed by atoms with van der Waals surface area (Å²) in [7, 11) is 3.39. The Hall–Kier alpha value is -2.11. The average Bonchev–Trinajstić information content (AvgIpc) is 2.67. The Labute approximate surface area is 143 Å². The number of hydrogen-bond donors (Lipinski definition) is 1. The molecule has 0 spiro atoms. The van der Waals surface area contributed by atoms with E-state index >= 15 is 0 Å². The highest BCUT2D eigenvalue weighted by Crippen LogP contribution is 2.38. The average molecular weight is 327 g/mol. The standard InChI is InChI=1S/C19H25N3O2/c1-23-18-8-5-7-16(19(18)24-2)17(22-12-10-20-11-13-22)14-15-6-3-4-9-21-15/h3-9,17,20H,10-14H2,1-2H3. The van der Waals surface area contributed by atoms with Gasteiger partial charge in [0.15, 0.2) is 11.5 Å². The van der Waals surface area contributed by atoms with E-state index in [1.807, 2.05) is 30.5 Å². The van der Waals surface area contributed by atoms with E-state index in [4.69, 9.17) is 9.47 Å². The molecule has 0 saturated carbocycles. The maximum atomic E-state index is 5.69. The maximum Gasteiger partial charge on any atom is 0.165 e. The van der Waals surface area contributed by atoms with Gasteiger partial charge < -0.3 is 14.8 Å². The molecule has 3 rings (SSSR count). The summed E-state index contributed by atoms with van der Waals surface area (Å²) < 4.78 is 11.2. The van der Waals surface area contributed by atoms with Gasteiger partial charge in [0.2, 0.25) is 0 Å². The predicted octanol–water partition coefficient (Wildman–Crippen LogP) is 2.29. The van der Waals surface area contributed by atoms with Crippen LogP contribution in [0.2, 0.25) is 0 Å². The lowest BCUT2D eigenvalue weighted by Gasteiger charge is -2.36.